The molecule has 0 aromatic heterocycles. The third kappa shape index (κ3) is 3.37. The molecule has 0 amide bonds. The Morgan fingerprint density at radius 2 is 1.79 bits per heavy atom. The Morgan fingerprint density at radius 1 is 1.21 bits per heavy atom. The van der Waals surface area contributed by atoms with Crippen LogP contribution in [0.5, 0.6) is 0 Å². The monoisotopic (exact) mass is 262 g/mol. The molecular weight excluding hydrogens is 250 g/mol. The second-order valence-electron chi connectivity index (χ2n) is 3.30. The molecule has 0 aliphatic carbocycles. The molecule has 3 heteroatoms. The van der Waals surface area contributed by atoms with Crippen molar-refractivity contribution >= 4 is 15.9 Å². The van der Waals surface area contributed by atoms with E-state index >= 15 is 0 Å². The molecule has 78 valence electrons. The maximum Gasteiger partial charge on any atom is 0.326 e. The van der Waals surface area contributed by atoms with E-state index < -0.39 is 4.83 Å². The van der Waals surface area contributed by atoms with Crippen LogP contribution >= 0.6 is 15.9 Å². The van der Waals surface area contributed by atoms with Crippen molar-refractivity contribution in [2.75, 3.05) is 0 Å². The van der Waals surface area contributed by atoms with E-state index in [9.17, 15) is 8.78 Å². The fraction of sp³-hybridized carbons (Fsp3) is 0.455. The number of aryl methyl sites for hydroxylation is 1. The van der Waals surface area contributed by atoms with Gasteiger partial charge in [0, 0.05) is 5.56 Å². The molecule has 0 N–H and O–H groups in total. The van der Waals surface area contributed by atoms with Crippen molar-refractivity contribution < 1.29 is 8.78 Å². The summed E-state index contributed by atoms with van der Waals surface area (Å²) in [6, 6.07) is 6.47. The molecule has 0 aliphatic rings. The first-order valence-electron chi connectivity index (χ1n) is 4.70. The minimum Gasteiger partial charge on any atom is -0.188 e. The molecular formula is C11H13BrF2. The van der Waals surface area contributed by atoms with Crippen LogP contribution in [0.15, 0.2) is 24.3 Å². The lowest BCUT2D eigenvalue weighted by Crippen LogP contribution is -2.02. The summed E-state index contributed by atoms with van der Waals surface area (Å²) < 4.78 is 25.5. The minimum atomic E-state index is -2.91. The van der Waals surface area contributed by atoms with Crippen molar-refractivity contribution in [3.63, 3.8) is 0 Å². The lowest BCUT2D eigenvalue weighted by Gasteiger charge is -2.08. The van der Waals surface area contributed by atoms with Gasteiger partial charge in [0.25, 0.3) is 0 Å². The Hall–Kier alpha value is -0.440. The van der Waals surface area contributed by atoms with Crippen LogP contribution < -0.4 is 0 Å². The fourth-order valence-corrected chi connectivity index (χ4v) is 1.51. The van der Waals surface area contributed by atoms with E-state index in [0.717, 1.165) is 24.8 Å². The number of unbranched alkanes of at least 4 members (excludes halogenated alkanes) is 1. The Labute approximate surface area is 91.5 Å². The van der Waals surface area contributed by atoms with Crippen LogP contribution in [0, 0.1) is 0 Å². The number of alkyl halides is 3. The predicted molar refractivity (Wildman–Crippen MR) is 57.9 cm³/mol. The largest absolute Gasteiger partial charge is 0.326 e. The van der Waals surface area contributed by atoms with Crippen LogP contribution in [0.2, 0.25) is 0 Å². The first-order chi connectivity index (χ1) is 6.54. The van der Waals surface area contributed by atoms with Crippen LogP contribution in [0.4, 0.5) is 8.78 Å². The third-order valence-electron chi connectivity index (χ3n) is 2.10. The molecule has 1 aromatic rings. The number of hydrogen-bond acceptors (Lipinski definition) is 0. The van der Waals surface area contributed by atoms with Crippen LogP contribution in [-0.2, 0) is 11.3 Å². The van der Waals surface area contributed by atoms with Gasteiger partial charge in [0.15, 0.2) is 0 Å². The quantitative estimate of drug-likeness (QED) is 0.703. The summed E-state index contributed by atoms with van der Waals surface area (Å²) in [6.07, 6.45) is 3.19. The van der Waals surface area contributed by atoms with Crippen LogP contribution in [0.3, 0.4) is 0 Å². The van der Waals surface area contributed by atoms with Gasteiger partial charge < -0.3 is 0 Å². The lowest BCUT2D eigenvalue weighted by molar-refractivity contribution is 0.114. The first-order valence-corrected chi connectivity index (χ1v) is 5.49. The second-order valence-corrected chi connectivity index (χ2v) is 4.29. The Bertz CT molecular complexity index is 274. The van der Waals surface area contributed by atoms with Gasteiger partial charge in [0.2, 0.25) is 0 Å². The number of benzene rings is 1. The average Bonchev–Trinajstić information content (AvgIpc) is 2.14. The Morgan fingerprint density at radius 3 is 2.21 bits per heavy atom. The number of rotatable bonds is 4. The van der Waals surface area contributed by atoms with Crippen LogP contribution in [0.25, 0.3) is 0 Å². The van der Waals surface area contributed by atoms with Gasteiger partial charge >= 0.3 is 4.83 Å². The van der Waals surface area contributed by atoms with Gasteiger partial charge in [-0.05, 0) is 34.3 Å². The van der Waals surface area contributed by atoms with E-state index in [4.69, 9.17) is 0 Å². The predicted octanol–water partition coefficient (Wildman–Crippen LogP) is 4.47. The summed E-state index contributed by atoms with van der Waals surface area (Å²) in [5, 5.41) is 0. The van der Waals surface area contributed by atoms with Crippen molar-refractivity contribution in [1.29, 1.82) is 0 Å². The zero-order valence-electron chi connectivity index (χ0n) is 8.06. The van der Waals surface area contributed by atoms with Crippen LogP contribution in [0.1, 0.15) is 30.9 Å². The van der Waals surface area contributed by atoms with E-state index in [-0.39, 0.29) is 5.56 Å². The summed E-state index contributed by atoms with van der Waals surface area (Å²) in [5.41, 5.74) is 1.13. The first kappa shape index (κ1) is 11.6. The molecule has 1 rings (SSSR count). The van der Waals surface area contributed by atoms with E-state index in [1.54, 1.807) is 12.1 Å². The van der Waals surface area contributed by atoms with Crippen molar-refractivity contribution in [3.8, 4) is 0 Å². The van der Waals surface area contributed by atoms with E-state index in [1.807, 2.05) is 0 Å². The molecule has 0 spiro atoms. The molecule has 0 saturated carbocycles. The molecule has 0 aliphatic heterocycles. The highest BCUT2D eigenvalue weighted by atomic mass is 79.9. The van der Waals surface area contributed by atoms with E-state index in [2.05, 4.69) is 22.9 Å². The van der Waals surface area contributed by atoms with E-state index in [1.165, 1.54) is 12.1 Å². The maximum atomic E-state index is 12.8. The average molecular weight is 263 g/mol. The summed E-state index contributed by atoms with van der Waals surface area (Å²) in [6.45, 7) is 2.11. The van der Waals surface area contributed by atoms with Gasteiger partial charge in [-0.15, -0.1) is 0 Å². The van der Waals surface area contributed by atoms with Gasteiger partial charge in [0.05, 0.1) is 0 Å². The Kier molecular flexibility index (Phi) is 4.05. The molecule has 0 nitrogen and oxygen atoms in total. The number of hydrogen-bond donors (Lipinski definition) is 0. The highest BCUT2D eigenvalue weighted by Gasteiger charge is 2.26. The zero-order valence-corrected chi connectivity index (χ0v) is 9.65. The lowest BCUT2D eigenvalue weighted by atomic mass is 10.1. The van der Waals surface area contributed by atoms with Crippen LogP contribution in [-0.4, -0.2) is 0 Å². The summed E-state index contributed by atoms with van der Waals surface area (Å²) in [4.78, 5) is -2.91. The highest BCUT2D eigenvalue weighted by Crippen LogP contribution is 2.34. The molecule has 14 heavy (non-hydrogen) atoms. The molecule has 0 unspecified atom stereocenters. The smallest absolute Gasteiger partial charge is 0.188 e. The molecule has 0 radical (unpaired) electrons. The molecule has 1 aromatic carbocycles. The minimum absolute atomic E-state index is 0.0118. The normalized spacial score (nSPS) is 11.7. The topological polar surface area (TPSA) is 0 Å². The Balaban J connectivity index is 2.69. The van der Waals surface area contributed by atoms with Gasteiger partial charge in [-0.3, -0.25) is 0 Å². The van der Waals surface area contributed by atoms with Gasteiger partial charge in [-0.1, -0.05) is 37.6 Å². The molecule has 0 atom stereocenters. The highest BCUT2D eigenvalue weighted by molar-refractivity contribution is 9.09. The molecule has 0 heterocycles. The number of halogens is 3. The van der Waals surface area contributed by atoms with Gasteiger partial charge in [-0.2, -0.15) is 8.78 Å². The van der Waals surface area contributed by atoms with Crippen molar-refractivity contribution in [3.05, 3.63) is 35.4 Å². The summed E-state index contributed by atoms with van der Waals surface area (Å²) in [7, 11) is 0. The SMILES string of the molecule is CCCCc1ccc(C(F)(F)Br)cc1. The standard InChI is InChI=1S/C11H13BrF2/c1-2-3-4-9-5-7-10(8-6-9)11(12,13)14/h5-8H,2-4H2,1H3. The summed E-state index contributed by atoms with van der Waals surface area (Å²) in [5.74, 6) is 0. The third-order valence-corrected chi connectivity index (χ3v) is 2.56. The second kappa shape index (κ2) is 4.87. The van der Waals surface area contributed by atoms with Crippen molar-refractivity contribution in [1.82, 2.24) is 0 Å². The summed E-state index contributed by atoms with van der Waals surface area (Å²) >= 11 is 2.33. The zero-order chi connectivity index (χ0) is 10.6. The van der Waals surface area contributed by atoms with Crippen molar-refractivity contribution in [2.45, 2.75) is 31.0 Å². The maximum absolute atomic E-state index is 12.8. The molecule has 0 saturated heterocycles. The van der Waals surface area contributed by atoms with Gasteiger partial charge in [0.1, 0.15) is 0 Å². The molecule has 0 fully saturated rings. The van der Waals surface area contributed by atoms with E-state index in [0.29, 0.717) is 0 Å². The van der Waals surface area contributed by atoms with Crippen molar-refractivity contribution in [2.24, 2.45) is 0 Å². The molecule has 0 bridgehead atoms. The fourth-order valence-electron chi connectivity index (χ4n) is 1.24. The van der Waals surface area contributed by atoms with Gasteiger partial charge in [-0.25, -0.2) is 0 Å².